The van der Waals surface area contributed by atoms with Crippen molar-refractivity contribution >= 4 is 11.9 Å². The molecular formula is C16H13N3O6. The highest BCUT2D eigenvalue weighted by Gasteiger charge is 2.23. The number of furan rings is 1. The van der Waals surface area contributed by atoms with Gasteiger partial charge in [-0.2, -0.15) is 0 Å². The second kappa shape index (κ2) is 6.56. The van der Waals surface area contributed by atoms with Crippen molar-refractivity contribution in [1.29, 1.82) is 0 Å². The standard InChI is InChI=1S/C16H13N3O6/c1-9-3-5-11(6-4-9)15-18-17-14(25-15)10(2)23-16(20)12-7-8-13(24-12)19(21)22/h3-8,10H,1-2H3/t10-/m0/s1. The van der Waals surface area contributed by atoms with Gasteiger partial charge in [-0.15, -0.1) is 10.2 Å². The maximum absolute atomic E-state index is 12.0. The Bertz CT molecular complexity index is 912. The normalized spacial score (nSPS) is 11.9. The minimum absolute atomic E-state index is 0.102. The van der Waals surface area contributed by atoms with Crippen LogP contribution in [0.15, 0.2) is 45.2 Å². The average Bonchev–Trinajstić information content (AvgIpc) is 3.25. The molecule has 0 aliphatic heterocycles. The minimum Gasteiger partial charge on any atom is -0.447 e. The highest BCUT2D eigenvalue weighted by atomic mass is 16.7. The molecule has 2 heterocycles. The van der Waals surface area contributed by atoms with Crippen molar-refractivity contribution in [3.05, 3.63) is 63.7 Å². The first-order chi connectivity index (χ1) is 11.9. The fourth-order valence-corrected chi connectivity index (χ4v) is 2.02. The molecule has 1 atom stereocenters. The molecule has 0 saturated carbocycles. The maximum Gasteiger partial charge on any atom is 0.433 e. The topological polar surface area (TPSA) is 122 Å². The number of hydrogen-bond donors (Lipinski definition) is 0. The van der Waals surface area contributed by atoms with Gasteiger partial charge in [0, 0.05) is 5.56 Å². The molecule has 0 aliphatic carbocycles. The molecule has 0 saturated heterocycles. The number of ether oxygens (including phenoxy) is 1. The molecule has 25 heavy (non-hydrogen) atoms. The molecule has 0 aliphatic rings. The van der Waals surface area contributed by atoms with Crippen LogP contribution in [-0.4, -0.2) is 21.1 Å². The molecule has 1 aromatic carbocycles. The molecule has 3 rings (SSSR count). The zero-order valence-electron chi connectivity index (χ0n) is 13.3. The van der Waals surface area contributed by atoms with Crippen LogP contribution in [0.1, 0.15) is 35.0 Å². The Morgan fingerprint density at radius 3 is 2.52 bits per heavy atom. The lowest BCUT2D eigenvalue weighted by Crippen LogP contribution is -2.08. The molecule has 0 radical (unpaired) electrons. The van der Waals surface area contributed by atoms with Gasteiger partial charge < -0.3 is 13.6 Å². The molecule has 3 aromatic rings. The van der Waals surface area contributed by atoms with E-state index in [1.807, 2.05) is 31.2 Å². The van der Waals surface area contributed by atoms with Crippen LogP contribution < -0.4 is 0 Å². The number of nitrogens with zero attached hydrogens (tertiary/aromatic N) is 3. The number of hydrogen-bond acceptors (Lipinski definition) is 8. The molecule has 0 amide bonds. The van der Waals surface area contributed by atoms with Crippen LogP contribution in [0.25, 0.3) is 11.5 Å². The highest BCUT2D eigenvalue weighted by molar-refractivity contribution is 5.86. The van der Waals surface area contributed by atoms with Gasteiger partial charge in [0.05, 0.1) is 6.07 Å². The van der Waals surface area contributed by atoms with E-state index in [0.717, 1.165) is 17.2 Å². The third-order valence-electron chi connectivity index (χ3n) is 3.34. The van der Waals surface area contributed by atoms with Gasteiger partial charge in [0.2, 0.25) is 11.7 Å². The number of esters is 1. The molecule has 9 nitrogen and oxygen atoms in total. The summed E-state index contributed by atoms with van der Waals surface area (Å²) in [6.45, 7) is 3.51. The Morgan fingerprint density at radius 1 is 1.16 bits per heavy atom. The summed E-state index contributed by atoms with van der Waals surface area (Å²) in [7, 11) is 0. The van der Waals surface area contributed by atoms with Gasteiger partial charge in [-0.3, -0.25) is 10.1 Å². The Labute approximate surface area is 141 Å². The average molecular weight is 343 g/mol. The zero-order valence-corrected chi connectivity index (χ0v) is 13.3. The van der Waals surface area contributed by atoms with E-state index in [4.69, 9.17) is 13.6 Å². The molecule has 0 unspecified atom stereocenters. The first-order valence-corrected chi connectivity index (χ1v) is 7.29. The van der Waals surface area contributed by atoms with E-state index in [9.17, 15) is 14.9 Å². The molecule has 0 fully saturated rings. The summed E-state index contributed by atoms with van der Waals surface area (Å²) in [5, 5.41) is 18.4. The number of rotatable bonds is 5. The van der Waals surface area contributed by atoms with E-state index in [1.54, 1.807) is 6.92 Å². The first kappa shape index (κ1) is 16.4. The molecule has 2 aromatic heterocycles. The fourth-order valence-electron chi connectivity index (χ4n) is 2.02. The van der Waals surface area contributed by atoms with Crippen LogP contribution in [0.5, 0.6) is 0 Å². The fraction of sp³-hybridized carbons (Fsp3) is 0.188. The SMILES string of the molecule is Cc1ccc(-c2nnc([C@H](C)OC(=O)c3ccc([N+](=O)[O-])o3)o2)cc1. The summed E-state index contributed by atoms with van der Waals surface area (Å²) < 4.78 is 15.4. The number of benzene rings is 1. The monoisotopic (exact) mass is 343 g/mol. The Hall–Kier alpha value is -3.49. The van der Waals surface area contributed by atoms with E-state index in [-0.39, 0.29) is 11.7 Å². The van der Waals surface area contributed by atoms with Crippen molar-refractivity contribution in [2.75, 3.05) is 0 Å². The van der Waals surface area contributed by atoms with Gasteiger partial charge in [0.25, 0.3) is 5.89 Å². The van der Waals surface area contributed by atoms with E-state index in [2.05, 4.69) is 10.2 Å². The number of carbonyl (C=O) groups excluding carboxylic acids is 1. The van der Waals surface area contributed by atoms with Gasteiger partial charge in [-0.05, 0) is 32.0 Å². The van der Waals surface area contributed by atoms with Gasteiger partial charge in [-0.25, -0.2) is 4.79 Å². The lowest BCUT2D eigenvalue weighted by atomic mass is 10.1. The van der Waals surface area contributed by atoms with E-state index >= 15 is 0 Å². The van der Waals surface area contributed by atoms with Crippen molar-refractivity contribution in [1.82, 2.24) is 10.2 Å². The second-order valence-electron chi connectivity index (χ2n) is 5.25. The summed E-state index contributed by atoms with van der Waals surface area (Å²) in [5.41, 5.74) is 1.84. The highest BCUT2D eigenvalue weighted by Crippen LogP contribution is 2.24. The summed E-state index contributed by atoms with van der Waals surface area (Å²) in [5.74, 6) is -1.29. The zero-order chi connectivity index (χ0) is 18.0. The van der Waals surface area contributed by atoms with Crippen LogP contribution in [-0.2, 0) is 4.74 Å². The Morgan fingerprint density at radius 2 is 1.88 bits per heavy atom. The van der Waals surface area contributed by atoms with E-state index in [1.165, 1.54) is 6.07 Å². The predicted octanol–water partition coefficient (Wildman–Crippen LogP) is 3.46. The lowest BCUT2D eigenvalue weighted by Gasteiger charge is -2.07. The molecule has 0 bridgehead atoms. The third-order valence-corrected chi connectivity index (χ3v) is 3.34. The van der Waals surface area contributed by atoms with Gasteiger partial charge in [-0.1, -0.05) is 17.7 Å². The second-order valence-corrected chi connectivity index (χ2v) is 5.25. The van der Waals surface area contributed by atoms with Crippen LogP contribution in [0.2, 0.25) is 0 Å². The van der Waals surface area contributed by atoms with Crippen LogP contribution in [0, 0.1) is 17.0 Å². The number of aromatic nitrogens is 2. The van der Waals surface area contributed by atoms with Gasteiger partial charge in [0.1, 0.15) is 4.92 Å². The number of carbonyl (C=O) groups is 1. The van der Waals surface area contributed by atoms with Crippen molar-refractivity contribution in [3.8, 4) is 11.5 Å². The molecular weight excluding hydrogens is 330 g/mol. The largest absolute Gasteiger partial charge is 0.447 e. The molecule has 128 valence electrons. The number of nitro groups is 1. The Balaban J connectivity index is 1.70. The summed E-state index contributed by atoms with van der Waals surface area (Å²) in [4.78, 5) is 21.8. The first-order valence-electron chi connectivity index (χ1n) is 7.29. The van der Waals surface area contributed by atoms with Crippen LogP contribution >= 0.6 is 0 Å². The van der Waals surface area contributed by atoms with E-state index in [0.29, 0.717) is 5.89 Å². The lowest BCUT2D eigenvalue weighted by molar-refractivity contribution is -0.402. The van der Waals surface area contributed by atoms with Crippen molar-refractivity contribution in [2.24, 2.45) is 0 Å². The summed E-state index contributed by atoms with van der Waals surface area (Å²) in [6, 6.07) is 9.73. The number of aryl methyl sites for hydroxylation is 1. The summed E-state index contributed by atoms with van der Waals surface area (Å²) in [6.07, 6.45) is -0.844. The van der Waals surface area contributed by atoms with Crippen LogP contribution in [0.4, 0.5) is 5.88 Å². The van der Waals surface area contributed by atoms with Gasteiger partial charge >= 0.3 is 11.9 Å². The third kappa shape index (κ3) is 3.55. The minimum atomic E-state index is -0.865. The van der Waals surface area contributed by atoms with E-state index < -0.39 is 22.9 Å². The Kier molecular flexibility index (Phi) is 4.29. The quantitative estimate of drug-likeness (QED) is 0.392. The maximum atomic E-state index is 12.0. The van der Waals surface area contributed by atoms with Crippen molar-refractivity contribution in [3.63, 3.8) is 0 Å². The molecule has 0 N–H and O–H groups in total. The van der Waals surface area contributed by atoms with Gasteiger partial charge in [0.15, 0.2) is 6.10 Å². The summed E-state index contributed by atoms with van der Waals surface area (Å²) >= 11 is 0. The smallest absolute Gasteiger partial charge is 0.433 e. The molecule has 0 spiro atoms. The molecule has 9 heteroatoms. The predicted molar refractivity (Wildman–Crippen MR) is 83.7 cm³/mol. The van der Waals surface area contributed by atoms with Crippen molar-refractivity contribution < 1.29 is 23.3 Å². The van der Waals surface area contributed by atoms with Crippen molar-refractivity contribution in [2.45, 2.75) is 20.0 Å². The van der Waals surface area contributed by atoms with Crippen LogP contribution in [0.3, 0.4) is 0 Å².